The zero-order chi connectivity index (χ0) is 12.1. The van der Waals surface area contributed by atoms with Crippen LogP contribution in [0, 0.1) is 0 Å². The van der Waals surface area contributed by atoms with Gasteiger partial charge in [-0.15, -0.1) is 0 Å². The lowest BCUT2D eigenvalue weighted by molar-refractivity contribution is 0.321. The van der Waals surface area contributed by atoms with Gasteiger partial charge in [-0.05, 0) is 36.5 Å². The van der Waals surface area contributed by atoms with E-state index in [1.165, 1.54) is 64.7 Å². The minimum atomic E-state index is -1.08. The molecule has 98 valence electrons. The van der Waals surface area contributed by atoms with E-state index in [2.05, 4.69) is 32.6 Å². The van der Waals surface area contributed by atoms with E-state index < -0.39 is 10.4 Å². The third-order valence-corrected chi connectivity index (χ3v) is 7.31. The van der Waals surface area contributed by atoms with Crippen LogP contribution in [0.15, 0.2) is 24.0 Å². The fraction of sp³-hybridized carbons (Fsp3) is 0.714. The lowest BCUT2D eigenvalue weighted by Crippen LogP contribution is -2.42. The zero-order valence-corrected chi connectivity index (χ0v) is 11.8. The van der Waals surface area contributed by atoms with E-state index in [1.54, 1.807) is 0 Å². The molecule has 0 unspecified atom stereocenters. The largest absolute Gasteiger partial charge is 0.250 e. The first kappa shape index (κ1) is 13.2. The topological polar surface area (TPSA) is 6.48 Å². The first-order valence-electron chi connectivity index (χ1n) is 6.92. The van der Waals surface area contributed by atoms with Gasteiger partial charge >= 0.3 is 0 Å². The van der Waals surface area contributed by atoms with Gasteiger partial charge < -0.3 is 0 Å². The summed E-state index contributed by atoms with van der Waals surface area (Å²) in [5.41, 5.74) is 0. The van der Waals surface area contributed by atoms with E-state index in [0.717, 1.165) is 0 Å². The molecule has 0 aromatic rings. The molecule has 17 heavy (non-hydrogen) atoms. The summed E-state index contributed by atoms with van der Waals surface area (Å²) in [6, 6.07) is 0. The van der Waals surface area contributed by atoms with E-state index in [9.17, 15) is 0 Å². The molecular weight excluding hydrogens is 228 g/mol. The number of hydrogen-bond acceptors (Lipinski definition) is 2. The molecule has 0 aromatic carbocycles. The summed E-state index contributed by atoms with van der Waals surface area (Å²) in [4.78, 5) is 0. The molecule has 2 aliphatic heterocycles. The minimum Gasteiger partial charge on any atom is -0.250 e. The second-order valence-electron chi connectivity index (χ2n) is 4.95. The van der Waals surface area contributed by atoms with Crippen molar-refractivity contribution in [3.05, 3.63) is 24.0 Å². The van der Waals surface area contributed by atoms with Crippen molar-refractivity contribution in [1.29, 1.82) is 0 Å². The highest BCUT2D eigenvalue weighted by Crippen LogP contribution is 2.58. The number of piperidine rings is 2. The number of rotatable bonds is 4. The molecule has 0 atom stereocenters. The van der Waals surface area contributed by atoms with E-state index in [0.29, 0.717) is 0 Å². The van der Waals surface area contributed by atoms with Crippen molar-refractivity contribution in [3.8, 4) is 0 Å². The molecular formula is C14H26N2S. The minimum absolute atomic E-state index is 1.08. The van der Waals surface area contributed by atoms with Gasteiger partial charge in [-0.2, -0.15) is 0 Å². The number of hydrogen-bond donors (Lipinski definition) is 0. The summed E-state index contributed by atoms with van der Waals surface area (Å²) in [5.74, 6) is 0. The quantitative estimate of drug-likeness (QED) is 0.751. The Bertz CT molecular complexity index is 237. The molecule has 0 saturated carbocycles. The predicted molar refractivity (Wildman–Crippen MR) is 78.8 cm³/mol. The van der Waals surface area contributed by atoms with Crippen molar-refractivity contribution >= 4 is 10.4 Å². The van der Waals surface area contributed by atoms with Crippen LogP contribution in [0.4, 0.5) is 0 Å². The van der Waals surface area contributed by atoms with E-state index in [-0.39, 0.29) is 0 Å². The SMILES string of the molecule is C=CS(C=C)(N1CCCCC1)N1CCCCC1. The Morgan fingerprint density at radius 2 is 1.00 bits per heavy atom. The van der Waals surface area contributed by atoms with Crippen molar-refractivity contribution in [2.45, 2.75) is 38.5 Å². The summed E-state index contributed by atoms with van der Waals surface area (Å²) < 4.78 is 5.31. The van der Waals surface area contributed by atoms with Crippen molar-refractivity contribution in [2.24, 2.45) is 0 Å². The van der Waals surface area contributed by atoms with E-state index >= 15 is 0 Å². The normalized spacial score (nSPS) is 25.4. The van der Waals surface area contributed by atoms with Gasteiger partial charge in [0.05, 0.1) is 0 Å². The van der Waals surface area contributed by atoms with Crippen LogP contribution in [0.5, 0.6) is 0 Å². The fourth-order valence-electron chi connectivity index (χ4n) is 2.97. The molecule has 0 bridgehead atoms. The van der Waals surface area contributed by atoms with Crippen LogP contribution in [0.2, 0.25) is 0 Å². The standard InChI is InChI=1S/C14H26N2S/c1-3-17(4-2,15-11-7-5-8-12-15)16-13-9-6-10-14-16/h3-4H,1-2,5-14H2. The van der Waals surface area contributed by atoms with Crippen LogP contribution in [0.25, 0.3) is 0 Å². The third-order valence-electron chi connectivity index (χ3n) is 3.95. The first-order valence-corrected chi connectivity index (χ1v) is 8.59. The van der Waals surface area contributed by atoms with Crippen molar-refractivity contribution in [1.82, 2.24) is 8.61 Å². The van der Waals surface area contributed by atoms with Gasteiger partial charge in [0.25, 0.3) is 0 Å². The van der Waals surface area contributed by atoms with Crippen molar-refractivity contribution in [2.75, 3.05) is 26.2 Å². The van der Waals surface area contributed by atoms with Crippen molar-refractivity contribution < 1.29 is 0 Å². The zero-order valence-electron chi connectivity index (χ0n) is 10.9. The molecule has 2 fully saturated rings. The van der Waals surface area contributed by atoms with Gasteiger partial charge in [0.15, 0.2) is 0 Å². The maximum absolute atomic E-state index is 4.14. The number of nitrogens with zero attached hydrogens (tertiary/aromatic N) is 2. The highest BCUT2D eigenvalue weighted by molar-refractivity contribution is 8.34. The Kier molecular flexibility index (Phi) is 4.71. The summed E-state index contributed by atoms with van der Waals surface area (Å²) in [7, 11) is -1.08. The van der Waals surface area contributed by atoms with Crippen molar-refractivity contribution in [3.63, 3.8) is 0 Å². The Hall–Kier alpha value is -0.250. The summed E-state index contributed by atoms with van der Waals surface area (Å²) in [6.07, 6.45) is 8.13. The van der Waals surface area contributed by atoms with Gasteiger partial charge in [0.1, 0.15) is 0 Å². The highest BCUT2D eigenvalue weighted by atomic mass is 32.3. The maximum Gasteiger partial charge on any atom is 0.00913 e. The molecule has 0 amide bonds. The monoisotopic (exact) mass is 254 g/mol. The fourth-order valence-corrected chi connectivity index (χ4v) is 5.96. The van der Waals surface area contributed by atoms with Crippen LogP contribution in [-0.2, 0) is 0 Å². The van der Waals surface area contributed by atoms with Gasteiger partial charge in [-0.1, -0.05) is 36.4 Å². The molecule has 2 aliphatic rings. The van der Waals surface area contributed by atoms with Crippen LogP contribution in [0.3, 0.4) is 0 Å². The second kappa shape index (κ2) is 6.07. The second-order valence-corrected chi connectivity index (χ2v) is 7.93. The van der Waals surface area contributed by atoms with E-state index in [4.69, 9.17) is 0 Å². The molecule has 0 aromatic heterocycles. The van der Waals surface area contributed by atoms with Gasteiger partial charge in [0, 0.05) is 26.2 Å². The maximum atomic E-state index is 4.14. The molecule has 0 spiro atoms. The third kappa shape index (κ3) is 2.61. The molecule has 2 heterocycles. The lowest BCUT2D eigenvalue weighted by atomic mass is 10.2. The molecule has 0 aliphatic carbocycles. The highest BCUT2D eigenvalue weighted by Gasteiger charge is 2.33. The molecule has 2 nitrogen and oxygen atoms in total. The molecule has 0 N–H and O–H groups in total. The molecule has 2 rings (SSSR count). The Balaban J connectivity index is 2.16. The molecule has 3 heteroatoms. The van der Waals surface area contributed by atoms with E-state index in [1.807, 2.05) is 0 Å². The molecule has 0 radical (unpaired) electrons. The van der Waals surface area contributed by atoms with Gasteiger partial charge in [0.2, 0.25) is 0 Å². The smallest absolute Gasteiger partial charge is 0.00913 e. The average Bonchev–Trinajstić information content (AvgIpc) is 2.43. The van der Waals surface area contributed by atoms with Crippen LogP contribution in [0.1, 0.15) is 38.5 Å². The summed E-state index contributed by atoms with van der Waals surface area (Å²) >= 11 is 0. The summed E-state index contributed by atoms with van der Waals surface area (Å²) in [6.45, 7) is 13.2. The Morgan fingerprint density at radius 3 is 1.29 bits per heavy atom. The van der Waals surface area contributed by atoms with Crippen LogP contribution >= 0.6 is 10.4 Å². The lowest BCUT2D eigenvalue weighted by Gasteiger charge is -2.54. The first-order chi connectivity index (χ1) is 8.33. The van der Waals surface area contributed by atoms with Crippen LogP contribution < -0.4 is 0 Å². The summed E-state index contributed by atoms with van der Waals surface area (Å²) in [5, 5.41) is 4.38. The Morgan fingerprint density at radius 1 is 0.647 bits per heavy atom. The van der Waals surface area contributed by atoms with Gasteiger partial charge in [-0.25, -0.2) is 8.61 Å². The van der Waals surface area contributed by atoms with Crippen LogP contribution in [-0.4, -0.2) is 34.8 Å². The Labute approximate surface area is 108 Å². The predicted octanol–water partition coefficient (Wildman–Crippen LogP) is 3.88. The van der Waals surface area contributed by atoms with Gasteiger partial charge in [-0.3, -0.25) is 0 Å². The average molecular weight is 254 g/mol. The molecule has 2 saturated heterocycles.